The second-order valence-corrected chi connectivity index (χ2v) is 9.29. The highest BCUT2D eigenvalue weighted by molar-refractivity contribution is 6.09. The maximum Gasteiger partial charge on any atom is 0.193 e. The van der Waals surface area contributed by atoms with E-state index >= 15 is 0 Å². The summed E-state index contributed by atoms with van der Waals surface area (Å²) in [6.45, 7) is 2.02. The number of nitrogens with zero attached hydrogens (tertiary/aromatic N) is 1. The number of anilines is 1. The molecule has 0 N–H and O–H groups in total. The molecule has 0 saturated carbocycles. The molecule has 0 amide bonds. The van der Waals surface area contributed by atoms with E-state index in [4.69, 9.17) is 9.47 Å². The van der Waals surface area contributed by atoms with Crippen LogP contribution >= 0.6 is 0 Å². The van der Waals surface area contributed by atoms with Gasteiger partial charge in [0.1, 0.15) is 23.0 Å². The van der Waals surface area contributed by atoms with Gasteiger partial charge < -0.3 is 19.7 Å². The summed E-state index contributed by atoms with van der Waals surface area (Å²) >= 11 is 0. The Morgan fingerprint density at radius 3 is 1.07 bits per heavy atom. The first kappa shape index (κ1) is 26.4. The van der Waals surface area contributed by atoms with Crippen LogP contribution in [0.3, 0.4) is 0 Å². The second kappa shape index (κ2) is 11.7. The van der Waals surface area contributed by atoms with Crippen LogP contribution in [-0.2, 0) is 0 Å². The summed E-state index contributed by atoms with van der Waals surface area (Å²) in [6.07, 6.45) is 0. The molecule has 0 fully saturated rings. The van der Waals surface area contributed by atoms with E-state index in [1.807, 2.05) is 31.2 Å². The molecule has 0 saturated heterocycles. The lowest BCUT2D eigenvalue weighted by Crippen LogP contribution is -2.06. The highest BCUT2D eigenvalue weighted by Crippen LogP contribution is 2.26. The van der Waals surface area contributed by atoms with Gasteiger partial charge in [0.15, 0.2) is 11.6 Å². The summed E-state index contributed by atoms with van der Waals surface area (Å²) in [5.41, 5.74) is 3.73. The van der Waals surface area contributed by atoms with E-state index < -0.39 is 0 Å². The van der Waals surface area contributed by atoms with Crippen LogP contribution in [0.5, 0.6) is 23.0 Å². The molecular formula is C34H26NO5-. The van der Waals surface area contributed by atoms with Crippen molar-refractivity contribution >= 4 is 17.3 Å². The third-order valence-corrected chi connectivity index (χ3v) is 6.34. The van der Waals surface area contributed by atoms with Crippen LogP contribution in [0, 0.1) is 12.1 Å². The first-order chi connectivity index (χ1) is 19.4. The van der Waals surface area contributed by atoms with Gasteiger partial charge in [-0.25, -0.2) is 0 Å². The Labute approximate surface area is 232 Å². The summed E-state index contributed by atoms with van der Waals surface area (Å²) in [6, 6.07) is 35.0. The van der Waals surface area contributed by atoms with Crippen LogP contribution < -0.4 is 14.5 Å². The minimum absolute atomic E-state index is 0.105. The largest absolute Gasteiger partial charge is 0.758 e. The van der Waals surface area contributed by atoms with Crippen molar-refractivity contribution in [2.24, 2.45) is 0 Å². The fourth-order valence-electron chi connectivity index (χ4n) is 4.06. The summed E-state index contributed by atoms with van der Waals surface area (Å²) < 4.78 is 11.7. The Morgan fingerprint density at radius 2 is 0.775 bits per heavy atom. The van der Waals surface area contributed by atoms with Gasteiger partial charge in [-0.3, -0.25) is 9.59 Å². The molecule has 0 radical (unpaired) electrons. The lowest BCUT2D eigenvalue weighted by molar-refractivity contribution is 0.103. The molecule has 0 unspecified atom stereocenters. The maximum atomic E-state index is 13.0. The van der Waals surface area contributed by atoms with Crippen molar-refractivity contribution in [1.29, 1.82) is 0 Å². The molecule has 0 bridgehead atoms. The Bertz CT molecular complexity index is 1610. The molecular weight excluding hydrogens is 502 g/mol. The molecule has 0 aliphatic heterocycles. The maximum absolute atomic E-state index is 13.0. The number of rotatable bonds is 9. The van der Waals surface area contributed by atoms with E-state index in [-0.39, 0.29) is 11.6 Å². The monoisotopic (exact) mass is 528 g/mol. The minimum Gasteiger partial charge on any atom is -0.758 e. The molecule has 0 spiro atoms. The lowest BCUT2D eigenvalue weighted by atomic mass is 10.0. The highest BCUT2D eigenvalue weighted by Gasteiger charge is 2.12. The molecule has 0 aromatic heterocycles. The van der Waals surface area contributed by atoms with Gasteiger partial charge >= 0.3 is 0 Å². The van der Waals surface area contributed by atoms with Crippen LogP contribution in [0.4, 0.5) is 5.69 Å². The number of hydrogen-bond acceptors (Lipinski definition) is 6. The Kier molecular flexibility index (Phi) is 7.71. The smallest absolute Gasteiger partial charge is 0.193 e. The van der Waals surface area contributed by atoms with Crippen molar-refractivity contribution in [3.8, 4) is 23.0 Å². The van der Waals surface area contributed by atoms with Crippen LogP contribution in [-0.4, -0.2) is 18.6 Å². The molecule has 6 nitrogen and oxygen atoms in total. The van der Waals surface area contributed by atoms with Gasteiger partial charge in [0.05, 0.1) is 0 Å². The summed E-state index contributed by atoms with van der Waals surface area (Å²) in [5, 5.41) is 12.1. The van der Waals surface area contributed by atoms with E-state index in [2.05, 4.69) is 0 Å². The van der Waals surface area contributed by atoms with Crippen LogP contribution in [0.15, 0.2) is 121 Å². The SMILES string of the molecule is Cc1ccc(Oc2ccc(C(=O)c3ccc(Oc4ccc(C(=O)c5ccc(N(C)[O-])cc5)cc4)cc3)cc2)cc1. The number of aryl methyl sites for hydroxylation is 1. The molecule has 5 aromatic rings. The highest BCUT2D eigenvalue weighted by atomic mass is 16.5. The van der Waals surface area contributed by atoms with Crippen LogP contribution in [0.25, 0.3) is 0 Å². The Hall–Kier alpha value is -5.20. The topological polar surface area (TPSA) is 78.9 Å². The summed E-state index contributed by atoms with van der Waals surface area (Å²) in [4.78, 5) is 25.7. The van der Waals surface area contributed by atoms with Crippen molar-refractivity contribution in [3.63, 3.8) is 0 Å². The molecule has 0 atom stereocenters. The van der Waals surface area contributed by atoms with Crippen molar-refractivity contribution in [1.82, 2.24) is 0 Å². The lowest BCUT2D eigenvalue weighted by Gasteiger charge is -2.24. The van der Waals surface area contributed by atoms with Gasteiger partial charge in [0.25, 0.3) is 0 Å². The first-order valence-corrected chi connectivity index (χ1v) is 12.7. The van der Waals surface area contributed by atoms with Crippen molar-refractivity contribution in [2.45, 2.75) is 6.92 Å². The average molecular weight is 529 g/mol. The molecule has 6 heteroatoms. The Balaban J connectivity index is 1.19. The van der Waals surface area contributed by atoms with E-state index in [0.717, 1.165) is 16.4 Å². The third kappa shape index (κ3) is 6.26. The van der Waals surface area contributed by atoms with Crippen molar-refractivity contribution < 1.29 is 19.1 Å². The number of ether oxygens (including phenoxy) is 2. The van der Waals surface area contributed by atoms with Gasteiger partial charge in [0, 0.05) is 27.9 Å². The fraction of sp³-hybridized carbons (Fsp3) is 0.0588. The Morgan fingerprint density at radius 1 is 0.500 bits per heavy atom. The van der Waals surface area contributed by atoms with Gasteiger partial charge in [-0.05, 0) is 123 Å². The second-order valence-electron chi connectivity index (χ2n) is 9.29. The number of ketones is 2. The normalized spacial score (nSPS) is 10.6. The molecule has 0 heterocycles. The van der Waals surface area contributed by atoms with E-state index in [9.17, 15) is 14.8 Å². The predicted octanol–water partition coefficient (Wildman–Crippen LogP) is 7.98. The predicted molar refractivity (Wildman–Crippen MR) is 156 cm³/mol. The zero-order chi connectivity index (χ0) is 28.1. The number of carbonyl (C=O) groups is 2. The van der Waals surface area contributed by atoms with Crippen molar-refractivity contribution in [2.75, 3.05) is 12.1 Å². The number of carbonyl (C=O) groups excluding carboxylic acids is 2. The minimum atomic E-state index is -0.149. The van der Waals surface area contributed by atoms with E-state index in [0.29, 0.717) is 45.2 Å². The van der Waals surface area contributed by atoms with E-state index in [1.54, 1.807) is 97.1 Å². The standard InChI is InChI=1S/C34H26NO5/c1-23-3-15-29(16-4-23)39-30-17-9-26(10-18-30)34(37)27-11-21-32(22-12-27)40-31-19-7-25(8-20-31)33(36)24-5-13-28(14-6-24)35(2)38/h3-22H,1-2H3/q-1. The zero-order valence-electron chi connectivity index (χ0n) is 22.0. The molecule has 0 aliphatic rings. The van der Waals surface area contributed by atoms with Crippen molar-refractivity contribution in [3.05, 3.63) is 154 Å². The van der Waals surface area contributed by atoms with E-state index in [1.165, 1.54) is 7.05 Å². The third-order valence-electron chi connectivity index (χ3n) is 6.34. The number of benzene rings is 5. The number of hydroxylamine groups is 1. The summed E-state index contributed by atoms with van der Waals surface area (Å²) in [7, 11) is 1.41. The fourth-order valence-corrected chi connectivity index (χ4v) is 4.06. The number of hydrogen-bond donors (Lipinski definition) is 0. The quantitative estimate of drug-likeness (QED) is 0.143. The zero-order valence-corrected chi connectivity index (χ0v) is 22.0. The van der Waals surface area contributed by atoms with Gasteiger partial charge in [-0.15, -0.1) is 0 Å². The van der Waals surface area contributed by atoms with Crippen LogP contribution in [0.1, 0.15) is 37.4 Å². The summed E-state index contributed by atoms with van der Waals surface area (Å²) in [5.74, 6) is 2.26. The molecule has 198 valence electrons. The first-order valence-electron chi connectivity index (χ1n) is 12.7. The van der Waals surface area contributed by atoms with Gasteiger partial charge in [-0.2, -0.15) is 0 Å². The molecule has 0 aliphatic carbocycles. The molecule has 5 aromatic carbocycles. The average Bonchev–Trinajstić information content (AvgIpc) is 2.99. The molecule has 5 rings (SSSR count). The van der Waals surface area contributed by atoms with Gasteiger partial charge in [-0.1, -0.05) is 17.7 Å². The van der Waals surface area contributed by atoms with Gasteiger partial charge in [0.2, 0.25) is 0 Å². The molecule has 40 heavy (non-hydrogen) atoms. The van der Waals surface area contributed by atoms with Crippen LogP contribution in [0.2, 0.25) is 0 Å².